The van der Waals surface area contributed by atoms with Crippen LogP contribution in [0.5, 0.6) is 0 Å². The molecule has 0 spiro atoms. The number of hydrogen-bond acceptors (Lipinski definition) is 3. The van der Waals surface area contributed by atoms with Gasteiger partial charge >= 0.3 is 0 Å². The van der Waals surface area contributed by atoms with Crippen molar-refractivity contribution < 1.29 is 9.53 Å². The highest BCUT2D eigenvalue weighted by Gasteiger charge is 2.09. The number of nitrogens with one attached hydrogen (secondary N) is 1. The van der Waals surface area contributed by atoms with Gasteiger partial charge in [0.2, 0.25) is 5.69 Å². The van der Waals surface area contributed by atoms with E-state index in [2.05, 4.69) is 15.0 Å². The first-order valence-corrected chi connectivity index (χ1v) is 4.05. The Morgan fingerprint density at radius 1 is 1.77 bits per heavy atom. The van der Waals surface area contributed by atoms with Gasteiger partial charge in [-0.25, -0.2) is 0 Å². The van der Waals surface area contributed by atoms with Gasteiger partial charge in [0.15, 0.2) is 0 Å². The second-order valence-electron chi connectivity index (χ2n) is 2.27. The highest BCUT2D eigenvalue weighted by atomic mass is 35.5. The van der Waals surface area contributed by atoms with Gasteiger partial charge in [0.25, 0.3) is 5.91 Å². The number of hydrogen-bond donors (Lipinski definition) is 1. The Morgan fingerprint density at radius 2 is 2.54 bits per heavy atom. The van der Waals surface area contributed by atoms with Gasteiger partial charge in [-0.1, -0.05) is 11.6 Å². The Hall–Kier alpha value is -1.13. The van der Waals surface area contributed by atoms with Crippen molar-refractivity contribution in [3.8, 4) is 0 Å². The Morgan fingerprint density at radius 3 is 3.08 bits per heavy atom. The van der Waals surface area contributed by atoms with E-state index in [4.69, 9.17) is 11.6 Å². The highest BCUT2D eigenvalue weighted by molar-refractivity contribution is 6.20. The monoisotopic (exact) mass is 200 g/mol. The number of halogens is 1. The third kappa shape index (κ3) is 3.01. The molecule has 5 heteroatoms. The number of pyridine rings is 1. The number of rotatable bonds is 3. The molecule has 13 heavy (non-hydrogen) atoms. The van der Waals surface area contributed by atoms with Gasteiger partial charge in [0.1, 0.15) is 0 Å². The van der Waals surface area contributed by atoms with Crippen molar-refractivity contribution in [2.24, 2.45) is 0 Å². The molecule has 1 N–H and O–H groups in total. The molecule has 1 amide bonds. The minimum absolute atomic E-state index is 0.310. The summed E-state index contributed by atoms with van der Waals surface area (Å²) in [4.78, 5) is 15.1. The molecule has 1 unspecified atom stereocenters. The maximum atomic E-state index is 11.3. The summed E-state index contributed by atoms with van der Waals surface area (Å²) in [5.41, 5.74) is -0.363. The Balaban J connectivity index is 2.59. The molecule has 0 saturated heterocycles. The molecule has 0 aliphatic rings. The number of amides is 1. The van der Waals surface area contributed by atoms with E-state index < -0.39 is 5.69 Å². The maximum Gasteiger partial charge on any atom is 0.255 e. The van der Waals surface area contributed by atoms with E-state index in [0.717, 1.165) is 0 Å². The Kier molecular flexibility index (Phi) is 3.67. The summed E-state index contributed by atoms with van der Waals surface area (Å²) < 4.78 is 4.66. The second kappa shape index (κ2) is 4.79. The lowest BCUT2D eigenvalue weighted by molar-refractivity contribution is 0.0815. The molecule has 1 aromatic heterocycles. The zero-order chi connectivity index (χ0) is 9.68. The summed E-state index contributed by atoms with van der Waals surface area (Å²) in [6, 6.07) is 3.31. The molecule has 0 aromatic carbocycles. The van der Waals surface area contributed by atoms with Crippen molar-refractivity contribution in [3.05, 3.63) is 30.1 Å². The summed E-state index contributed by atoms with van der Waals surface area (Å²) in [5.74, 6) is -0.310. The Bertz CT molecular complexity index is 279. The molecule has 0 saturated carbocycles. The Labute approximate surface area is 80.9 Å². The number of ether oxygens (including phenoxy) is 1. The normalized spacial score (nSPS) is 12.2. The number of methoxy groups -OCH3 is 1. The van der Waals surface area contributed by atoms with Crippen LogP contribution in [0.15, 0.2) is 24.5 Å². The summed E-state index contributed by atoms with van der Waals surface area (Å²) >= 11 is 5.54. The first-order valence-electron chi connectivity index (χ1n) is 3.62. The van der Waals surface area contributed by atoms with Crippen LogP contribution in [0.2, 0.25) is 0 Å². The van der Waals surface area contributed by atoms with Crippen LogP contribution in [0.25, 0.3) is 0 Å². The third-order valence-corrected chi connectivity index (χ3v) is 1.66. The van der Waals surface area contributed by atoms with Crippen LogP contribution in [0.1, 0.15) is 10.4 Å². The van der Waals surface area contributed by atoms with Crippen molar-refractivity contribution >= 4 is 17.5 Å². The van der Waals surface area contributed by atoms with Crippen LogP contribution in [0, 0.1) is 0 Å². The fourth-order valence-corrected chi connectivity index (χ4v) is 0.841. The van der Waals surface area contributed by atoms with Gasteiger partial charge in [-0.05, 0) is 12.1 Å². The lowest BCUT2D eigenvalue weighted by Crippen LogP contribution is -2.31. The molecule has 0 fully saturated rings. The first-order chi connectivity index (χ1) is 6.24. The van der Waals surface area contributed by atoms with E-state index in [1.165, 1.54) is 13.3 Å². The van der Waals surface area contributed by atoms with E-state index in [0.29, 0.717) is 5.56 Å². The minimum atomic E-state index is -0.812. The van der Waals surface area contributed by atoms with Gasteiger partial charge in [0.05, 0.1) is 5.56 Å². The highest BCUT2D eigenvalue weighted by Crippen LogP contribution is 1.98. The lowest BCUT2D eigenvalue weighted by atomic mass is 10.3. The number of aromatic nitrogens is 1. The molecule has 1 rings (SSSR count). The number of nitrogens with zero attached hydrogens (tertiary/aromatic N) is 1. The molecule has 1 heterocycles. The van der Waals surface area contributed by atoms with E-state index in [9.17, 15) is 4.79 Å². The second-order valence-corrected chi connectivity index (χ2v) is 2.66. The molecule has 1 atom stereocenters. The maximum absolute atomic E-state index is 11.3. The summed E-state index contributed by atoms with van der Waals surface area (Å²) in [6.07, 6.45) is 3.04. The SMILES string of the molecule is COC(Cl)NC(=O)c1cccnc1. The quantitative estimate of drug-likeness (QED) is 0.450. The largest absolute Gasteiger partial charge is 0.348 e. The molecule has 70 valence electrons. The molecule has 0 bridgehead atoms. The smallest absolute Gasteiger partial charge is 0.255 e. The van der Waals surface area contributed by atoms with Gasteiger partial charge in [-0.3, -0.25) is 9.78 Å². The molecule has 1 aromatic rings. The predicted octanol–water partition coefficient (Wildman–Crippen LogP) is 0.980. The van der Waals surface area contributed by atoms with Gasteiger partial charge in [0, 0.05) is 19.5 Å². The molecule has 4 nitrogen and oxygen atoms in total. The molecule has 0 aliphatic carbocycles. The van der Waals surface area contributed by atoms with E-state index in [1.807, 2.05) is 0 Å². The molecule has 0 aliphatic heterocycles. The van der Waals surface area contributed by atoms with Crippen LogP contribution >= 0.6 is 11.6 Å². The van der Waals surface area contributed by atoms with Crippen molar-refractivity contribution in [3.63, 3.8) is 0 Å². The van der Waals surface area contributed by atoms with Crippen LogP contribution in [-0.4, -0.2) is 23.7 Å². The third-order valence-electron chi connectivity index (χ3n) is 1.38. The van der Waals surface area contributed by atoms with Crippen LogP contribution < -0.4 is 5.32 Å². The van der Waals surface area contributed by atoms with Crippen molar-refractivity contribution in [2.75, 3.05) is 7.11 Å². The number of carbonyl (C=O) groups is 1. The molecular weight excluding hydrogens is 192 g/mol. The predicted molar refractivity (Wildman–Crippen MR) is 48.4 cm³/mol. The summed E-state index contributed by atoms with van der Waals surface area (Å²) in [5, 5.41) is 2.41. The summed E-state index contributed by atoms with van der Waals surface area (Å²) in [7, 11) is 1.40. The van der Waals surface area contributed by atoms with Gasteiger partial charge < -0.3 is 10.1 Å². The van der Waals surface area contributed by atoms with Gasteiger partial charge in [-0.2, -0.15) is 0 Å². The van der Waals surface area contributed by atoms with E-state index in [-0.39, 0.29) is 5.91 Å². The van der Waals surface area contributed by atoms with Crippen molar-refractivity contribution in [1.82, 2.24) is 10.3 Å². The molecular formula is C8H9ClN2O2. The lowest BCUT2D eigenvalue weighted by Gasteiger charge is -2.08. The minimum Gasteiger partial charge on any atom is -0.348 e. The van der Waals surface area contributed by atoms with E-state index >= 15 is 0 Å². The zero-order valence-corrected chi connectivity index (χ0v) is 7.78. The van der Waals surface area contributed by atoms with Crippen LogP contribution in [0.3, 0.4) is 0 Å². The number of alkyl halides is 1. The zero-order valence-electron chi connectivity index (χ0n) is 7.03. The topological polar surface area (TPSA) is 51.2 Å². The van der Waals surface area contributed by atoms with Gasteiger partial charge in [-0.15, -0.1) is 0 Å². The fourth-order valence-electron chi connectivity index (χ4n) is 0.742. The average Bonchev–Trinajstić information content (AvgIpc) is 2.19. The van der Waals surface area contributed by atoms with Crippen LogP contribution in [0.4, 0.5) is 0 Å². The number of carbonyl (C=O) groups excluding carboxylic acids is 1. The van der Waals surface area contributed by atoms with Crippen molar-refractivity contribution in [2.45, 2.75) is 5.69 Å². The van der Waals surface area contributed by atoms with Crippen LogP contribution in [-0.2, 0) is 4.74 Å². The first kappa shape index (κ1) is 9.95. The average molecular weight is 201 g/mol. The standard InChI is InChI=1S/C8H9ClN2O2/c1-13-8(9)11-7(12)6-3-2-4-10-5-6/h2-5,8H,1H3,(H,11,12). The van der Waals surface area contributed by atoms with E-state index in [1.54, 1.807) is 18.3 Å². The summed E-state index contributed by atoms with van der Waals surface area (Å²) in [6.45, 7) is 0. The molecule has 0 radical (unpaired) electrons. The van der Waals surface area contributed by atoms with Crippen molar-refractivity contribution in [1.29, 1.82) is 0 Å². The fraction of sp³-hybridized carbons (Fsp3) is 0.250.